The molecule has 0 aliphatic carbocycles. The average Bonchev–Trinajstić information content (AvgIpc) is 2.39. The molecule has 0 spiro atoms. The molecule has 1 amide bonds. The number of amides is 1. The number of rotatable bonds is 4. The summed E-state index contributed by atoms with van der Waals surface area (Å²) in [5, 5.41) is 2.93. The maximum absolute atomic E-state index is 12.9. The van der Waals surface area contributed by atoms with Crippen LogP contribution in [0.25, 0.3) is 0 Å². The van der Waals surface area contributed by atoms with E-state index in [2.05, 4.69) is 5.10 Å². The second-order valence-corrected chi connectivity index (χ2v) is 4.26. The van der Waals surface area contributed by atoms with Gasteiger partial charge in [0.15, 0.2) is 0 Å². The molecule has 22 heavy (non-hydrogen) atoms. The Morgan fingerprint density at radius 1 is 1.05 bits per heavy atom. The molecule has 0 radical (unpaired) electrons. The molecule has 0 saturated carbocycles. The Balaban J connectivity index is 2.81. The van der Waals surface area contributed by atoms with E-state index in [1.54, 1.807) is 19.1 Å². The molecule has 1 rings (SSSR count). The topological polar surface area (TPSA) is 41.5 Å². The van der Waals surface area contributed by atoms with Gasteiger partial charge < -0.3 is 0 Å². The zero-order valence-electron chi connectivity index (χ0n) is 10.9. The number of carbonyl (C=O) groups is 1. The Kier molecular flexibility index (Phi) is 4.83. The fourth-order valence-corrected chi connectivity index (χ4v) is 1.21. The van der Waals surface area contributed by atoms with E-state index in [0.717, 1.165) is 17.2 Å². The summed E-state index contributed by atoms with van der Waals surface area (Å²) in [7, 11) is 0. The first kappa shape index (κ1) is 17.9. The lowest BCUT2D eigenvalue weighted by atomic mass is 10.1. The van der Waals surface area contributed by atoms with Crippen molar-refractivity contribution in [2.45, 2.75) is 24.9 Å². The molecular formula is C12H9F7N2O. The molecule has 0 fully saturated rings. The quantitative estimate of drug-likeness (QED) is 0.514. The molecule has 0 atom stereocenters. The summed E-state index contributed by atoms with van der Waals surface area (Å²) in [5.74, 6) is -15.4. The van der Waals surface area contributed by atoms with Gasteiger partial charge in [-0.3, -0.25) is 4.79 Å². The number of benzene rings is 1. The summed E-state index contributed by atoms with van der Waals surface area (Å²) in [6.45, 7) is 1.75. The summed E-state index contributed by atoms with van der Waals surface area (Å²) in [5.41, 5.74) is 2.14. The Labute approximate surface area is 119 Å². The van der Waals surface area contributed by atoms with Crippen LogP contribution >= 0.6 is 0 Å². The first-order chi connectivity index (χ1) is 9.89. The minimum atomic E-state index is -6.57. The van der Waals surface area contributed by atoms with Crippen molar-refractivity contribution >= 4 is 12.1 Å². The highest BCUT2D eigenvalue weighted by molar-refractivity contribution is 5.86. The van der Waals surface area contributed by atoms with Crippen molar-refractivity contribution in [3.63, 3.8) is 0 Å². The van der Waals surface area contributed by atoms with Gasteiger partial charge in [-0.2, -0.15) is 35.8 Å². The maximum atomic E-state index is 12.9. The van der Waals surface area contributed by atoms with Gasteiger partial charge in [0.1, 0.15) is 0 Å². The van der Waals surface area contributed by atoms with Crippen molar-refractivity contribution in [3.8, 4) is 0 Å². The van der Waals surface area contributed by atoms with Crippen LogP contribution in [-0.4, -0.2) is 30.1 Å². The van der Waals surface area contributed by atoms with Gasteiger partial charge in [0.05, 0.1) is 6.21 Å². The van der Waals surface area contributed by atoms with E-state index in [-0.39, 0.29) is 0 Å². The Bertz CT molecular complexity index is 564. The zero-order valence-corrected chi connectivity index (χ0v) is 10.9. The van der Waals surface area contributed by atoms with Gasteiger partial charge in [0.2, 0.25) is 0 Å². The maximum Gasteiger partial charge on any atom is 0.460 e. The highest BCUT2D eigenvalue weighted by atomic mass is 19.4. The number of alkyl halides is 7. The van der Waals surface area contributed by atoms with E-state index in [9.17, 15) is 35.5 Å². The van der Waals surface area contributed by atoms with Gasteiger partial charge in [-0.1, -0.05) is 29.8 Å². The highest BCUT2D eigenvalue weighted by Gasteiger charge is 2.76. The molecule has 122 valence electrons. The monoisotopic (exact) mass is 330 g/mol. The molecular weight excluding hydrogens is 321 g/mol. The van der Waals surface area contributed by atoms with Crippen LogP contribution in [0.15, 0.2) is 29.4 Å². The number of aryl methyl sites for hydroxylation is 1. The molecule has 0 bridgehead atoms. The molecule has 0 aliphatic heterocycles. The van der Waals surface area contributed by atoms with Crippen LogP contribution in [0, 0.1) is 6.92 Å². The van der Waals surface area contributed by atoms with Crippen LogP contribution < -0.4 is 5.43 Å². The molecule has 10 heteroatoms. The lowest BCUT2D eigenvalue weighted by molar-refractivity contribution is -0.344. The predicted octanol–water partition coefficient (Wildman–Crippen LogP) is 3.28. The van der Waals surface area contributed by atoms with Gasteiger partial charge in [0.25, 0.3) is 0 Å². The SMILES string of the molecule is Cc1ccc(C=NNC(=O)C(F)(F)C(F)(F)C(F)(F)F)cc1. The van der Waals surface area contributed by atoms with E-state index in [4.69, 9.17) is 0 Å². The third-order valence-corrected chi connectivity index (χ3v) is 2.49. The van der Waals surface area contributed by atoms with Crippen LogP contribution in [-0.2, 0) is 4.79 Å². The Hall–Kier alpha value is -2.13. The highest BCUT2D eigenvalue weighted by Crippen LogP contribution is 2.46. The molecule has 3 nitrogen and oxygen atoms in total. The summed E-state index contributed by atoms with van der Waals surface area (Å²) in [4.78, 5) is 10.8. The van der Waals surface area contributed by atoms with Crippen LogP contribution in [0.1, 0.15) is 11.1 Å². The number of hydrazone groups is 1. The van der Waals surface area contributed by atoms with E-state index in [1.165, 1.54) is 12.1 Å². The van der Waals surface area contributed by atoms with Gasteiger partial charge in [-0.25, -0.2) is 5.43 Å². The molecule has 1 aromatic rings. The molecule has 0 saturated heterocycles. The minimum absolute atomic E-state index is 0.316. The summed E-state index contributed by atoms with van der Waals surface area (Å²) in [6, 6.07) is 6.14. The summed E-state index contributed by atoms with van der Waals surface area (Å²) >= 11 is 0. The number of nitrogens with one attached hydrogen (secondary N) is 1. The number of halogens is 7. The average molecular weight is 330 g/mol. The zero-order chi connectivity index (χ0) is 17.2. The normalized spacial score (nSPS) is 13.5. The lowest BCUT2D eigenvalue weighted by Gasteiger charge is -2.26. The second kappa shape index (κ2) is 5.93. The predicted molar refractivity (Wildman–Crippen MR) is 62.9 cm³/mol. The standard InChI is InChI=1S/C12H9F7N2O/c1-7-2-4-8(5-3-7)6-20-21-9(22)10(13,14)11(15,16)12(17,18)19/h2-6H,1H3,(H,21,22). The van der Waals surface area contributed by atoms with Crippen molar-refractivity contribution in [1.82, 2.24) is 5.43 Å². The smallest absolute Gasteiger partial charge is 0.266 e. The second-order valence-electron chi connectivity index (χ2n) is 4.26. The molecule has 0 aromatic heterocycles. The van der Waals surface area contributed by atoms with Gasteiger partial charge >= 0.3 is 23.9 Å². The van der Waals surface area contributed by atoms with Gasteiger partial charge in [0, 0.05) is 0 Å². The lowest BCUT2D eigenvalue weighted by Crippen LogP contribution is -2.58. The molecule has 0 unspecified atom stereocenters. The van der Waals surface area contributed by atoms with Crippen LogP contribution in [0.2, 0.25) is 0 Å². The molecule has 1 aromatic carbocycles. The third-order valence-electron chi connectivity index (χ3n) is 2.49. The van der Waals surface area contributed by atoms with Crippen molar-refractivity contribution in [3.05, 3.63) is 35.4 Å². The Morgan fingerprint density at radius 2 is 1.55 bits per heavy atom. The van der Waals surface area contributed by atoms with Crippen LogP contribution in [0.5, 0.6) is 0 Å². The van der Waals surface area contributed by atoms with Crippen LogP contribution in [0.3, 0.4) is 0 Å². The fraction of sp³-hybridized carbons (Fsp3) is 0.333. The molecule has 0 aliphatic rings. The van der Waals surface area contributed by atoms with E-state index < -0.39 is 23.9 Å². The van der Waals surface area contributed by atoms with Gasteiger partial charge in [-0.05, 0) is 12.5 Å². The summed E-state index contributed by atoms with van der Waals surface area (Å²) < 4.78 is 86.6. The number of carbonyl (C=O) groups excluding carboxylic acids is 1. The van der Waals surface area contributed by atoms with E-state index in [0.29, 0.717) is 5.56 Å². The van der Waals surface area contributed by atoms with Crippen molar-refractivity contribution in [1.29, 1.82) is 0 Å². The van der Waals surface area contributed by atoms with E-state index in [1.807, 2.05) is 0 Å². The number of nitrogens with zero attached hydrogens (tertiary/aromatic N) is 1. The molecule has 0 heterocycles. The minimum Gasteiger partial charge on any atom is -0.266 e. The largest absolute Gasteiger partial charge is 0.460 e. The van der Waals surface area contributed by atoms with Crippen molar-refractivity contribution < 1.29 is 35.5 Å². The summed E-state index contributed by atoms with van der Waals surface area (Å²) in [6.07, 6.45) is -5.76. The van der Waals surface area contributed by atoms with Crippen LogP contribution in [0.4, 0.5) is 30.7 Å². The molecule has 1 N–H and O–H groups in total. The first-order valence-corrected chi connectivity index (χ1v) is 5.62. The van der Waals surface area contributed by atoms with E-state index >= 15 is 0 Å². The number of hydrogen-bond acceptors (Lipinski definition) is 2. The third kappa shape index (κ3) is 3.55. The fourth-order valence-electron chi connectivity index (χ4n) is 1.21. The van der Waals surface area contributed by atoms with Crippen molar-refractivity contribution in [2.75, 3.05) is 0 Å². The number of hydrogen-bond donors (Lipinski definition) is 1. The Morgan fingerprint density at radius 3 is 2.00 bits per heavy atom. The first-order valence-electron chi connectivity index (χ1n) is 5.62. The van der Waals surface area contributed by atoms with Gasteiger partial charge in [-0.15, -0.1) is 0 Å². The van der Waals surface area contributed by atoms with Crippen molar-refractivity contribution in [2.24, 2.45) is 5.10 Å².